The SMILES string of the molecule is Cc1c(O)c(Oc2ccccc2)c(C)c(Oc2ccccc2)c1Oc1ccccc1. The second kappa shape index (κ2) is 8.62. The summed E-state index contributed by atoms with van der Waals surface area (Å²) < 4.78 is 18.4. The van der Waals surface area contributed by atoms with Crippen molar-refractivity contribution >= 4 is 0 Å². The Bertz CT molecular complexity index is 1120. The summed E-state index contributed by atoms with van der Waals surface area (Å²) >= 11 is 0. The second-order valence-corrected chi connectivity index (χ2v) is 6.83. The van der Waals surface area contributed by atoms with E-state index in [9.17, 15) is 5.11 Å². The van der Waals surface area contributed by atoms with Crippen molar-refractivity contribution in [3.8, 4) is 40.2 Å². The molecule has 4 heteroatoms. The number of hydrogen-bond acceptors (Lipinski definition) is 4. The zero-order valence-electron chi connectivity index (χ0n) is 16.8. The van der Waals surface area contributed by atoms with Gasteiger partial charge in [-0.15, -0.1) is 0 Å². The molecule has 4 nitrogen and oxygen atoms in total. The third-order valence-corrected chi connectivity index (χ3v) is 4.69. The molecule has 0 amide bonds. The number of rotatable bonds is 6. The molecule has 0 saturated carbocycles. The fourth-order valence-electron chi connectivity index (χ4n) is 3.09. The molecule has 0 radical (unpaired) electrons. The average Bonchev–Trinajstić information content (AvgIpc) is 2.79. The van der Waals surface area contributed by atoms with Crippen LogP contribution in [0.4, 0.5) is 0 Å². The third kappa shape index (κ3) is 4.08. The number of benzene rings is 4. The zero-order chi connectivity index (χ0) is 20.9. The highest BCUT2D eigenvalue weighted by Crippen LogP contribution is 2.51. The minimum atomic E-state index is 0.0164. The fourth-order valence-corrected chi connectivity index (χ4v) is 3.09. The molecule has 0 spiro atoms. The van der Waals surface area contributed by atoms with Gasteiger partial charge in [0.2, 0.25) is 0 Å². The maximum Gasteiger partial charge on any atom is 0.177 e. The Morgan fingerprint density at radius 2 is 0.800 bits per heavy atom. The van der Waals surface area contributed by atoms with E-state index in [0.29, 0.717) is 45.6 Å². The monoisotopic (exact) mass is 398 g/mol. The molecule has 0 aromatic heterocycles. The van der Waals surface area contributed by atoms with E-state index in [4.69, 9.17) is 14.2 Å². The quantitative estimate of drug-likeness (QED) is 0.368. The molecule has 4 rings (SSSR count). The van der Waals surface area contributed by atoms with Gasteiger partial charge in [-0.25, -0.2) is 0 Å². The van der Waals surface area contributed by atoms with Crippen LogP contribution in [0.15, 0.2) is 91.0 Å². The van der Waals surface area contributed by atoms with E-state index in [1.165, 1.54) is 0 Å². The van der Waals surface area contributed by atoms with Crippen LogP contribution in [0.25, 0.3) is 0 Å². The van der Waals surface area contributed by atoms with E-state index >= 15 is 0 Å². The number of phenols is 1. The molecule has 0 saturated heterocycles. The van der Waals surface area contributed by atoms with Crippen molar-refractivity contribution in [1.82, 2.24) is 0 Å². The normalized spacial score (nSPS) is 10.5. The van der Waals surface area contributed by atoms with Crippen molar-refractivity contribution in [2.24, 2.45) is 0 Å². The summed E-state index contributed by atoms with van der Waals surface area (Å²) in [5.41, 5.74) is 1.16. The van der Waals surface area contributed by atoms with Crippen LogP contribution in [0.3, 0.4) is 0 Å². The first-order chi connectivity index (χ1) is 14.6. The van der Waals surface area contributed by atoms with Crippen LogP contribution in [0.2, 0.25) is 0 Å². The molecule has 0 bridgehead atoms. The smallest absolute Gasteiger partial charge is 0.177 e. The number of phenolic OH excluding ortho intramolecular Hbond substituents is 1. The van der Waals surface area contributed by atoms with E-state index < -0.39 is 0 Å². The Labute approximate surface area is 175 Å². The van der Waals surface area contributed by atoms with Gasteiger partial charge in [0.15, 0.2) is 23.0 Å². The molecule has 4 aromatic carbocycles. The van der Waals surface area contributed by atoms with Crippen molar-refractivity contribution in [2.45, 2.75) is 13.8 Å². The summed E-state index contributed by atoms with van der Waals surface area (Å²) in [6.45, 7) is 3.62. The minimum Gasteiger partial charge on any atom is -0.504 e. The summed E-state index contributed by atoms with van der Waals surface area (Å²) in [6.07, 6.45) is 0. The summed E-state index contributed by atoms with van der Waals surface area (Å²) in [6, 6.07) is 28.2. The summed E-state index contributed by atoms with van der Waals surface area (Å²) in [4.78, 5) is 0. The van der Waals surface area contributed by atoms with Crippen LogP contribution in [-0.2, 0) is 0 Å². The predicted molar refractivity (Wildman–Crippen MR) is 117 cm³/mol. The lowest BCUT2D eigenvalue weighted by Crippen LogP contribution is -1.99. The number of para-hydroxylation sites is 3. The second-order valence-electron chi connectivity index (χ2n) is 6.83. The van der Waals surface area contributed by atoms with Crippen molar-refractivity contribution in [1.29, 1.82) is 0 Å². The summed E-state index contributed by atoms with van der Waals surface area (Å²) in [7, 11) is 0. The van der Waals surface area contributed by atoms with Crippen LogP contribution >= 0.6 is 0 Å². The van der Waals surface area contributed by atoms with Gasteiger partial charge in [-0.3, -0.25) is 0 Å². The van der Waals surface area contributed by atoms with E-state index in [0.717, 1.165) is 0 Å². The first kappa shape index (κ1) is 19.4. The van der Waals surface area contributed by atoms with Gasteiger partial charge in [0.05, 0.1) is 0 Å². The van der Waals surface area contributed by atoms with Crippen LogP contribution < -0.4 is 14.2 Å². The number of ether oxygens (including phenoxy) is 3. The van der Waals surface area contributed by atoms with Crippen LogP contribution in [-0.4, -0.2) is 5.11 Å². The molecule has 0 heterocycles. The van der Waals surface area contributed by atoms with Gasteiger partial charge in [0.1, 0.15) is 17.2 Å². The largest absolute Gasteiger partial charge is 0.504 e. The van der Waals surface area contributed by atoms with E-state index in [1.54, 1.807) is 6.92 Å². The van der Waals surface area contributed by atoms with Crippen molar-refractivity contribution in [2.75, 3.05) is 0 Å². The Morgan fingerprint density at radius 3 is 1.20 bits per heavy atom. The van der Waals surface area contributed by atoms with Crippen LogP contribution in [0.1, 0.15) is 11.1 Å². The van der Waals surface area contributed by atoms with Gasteiger partial charge in [-0.2, -0.15) is 0 Å². The zero-order valence-corrected chi connectivity index (χ0v) is 16.8. The Hall–Kier alpha value is -3.92. The highest BCUT2D eigenvalue weighted by atomic mass is 16.5. The standard InChI is InChI=1S/C26H22O4/c1-18-23(27)24(28-20-12-6-3-7-13-20)19(2)26(30-22-16-10-5-11-17-22)25(18)29-21-14-8-4-9-15-21/h3-17,27H,1-2H3. The topological polar surface area (TPSA) is 47.9 Å². The maximum atomic E-state index is 10.9. The molecular weight excluding hydrogens is 376 g/mol. The highest BCUT2D eigenvalue weighted by molar-refractivity contribution is 5.67. The lowest BCUT2D eigenvalue weighted by Gasteiger charge is -2.21. The lowest BCUT2D eigenvalue weighted by molar-refractivity contribution is 0.377. The van der Waals surface area contributed by atoms with Crippen LogP contribution in [0.5, 0.6) is 40.2 Å². The fraction of sp³-hybridized carbons (Fsp3) is 0.0769. The molecule has 0 unspecified atom stereocenters. The molecule has 30 heavy (non-hydrogen) atoms. The Balaban J connectivity index is 1.83. The van der Waals surface area contributed by atoms with Crippen molar-refractivity contribution < 1.29 is 19.3 Å². The Kier molecular flexibility index (Phi) is 5.57. The van der Waals surface area contributed by atoms with Gasteiger partial charge in [0.25, 0.3) is 0 Å². The van der Waals surface area contributed by atoms with E-state index in [1.807, 2.05) is 97.9 Å². The predicted octanol–water partition coefficient (Wildman–Crippen LogP) is 7.39. The maximum absolute atomic E-state index is 10.9. The highest BCUT2D eigenvalue weighted by Gasteiger charge is 2.24. The lowest BCUT2D eigenvalue weighted by atomic mass is 10.1. The van der Waals surface area contributed by atoms with Gasteiger partial charge in [-0.05, 0) is 50.2 Å². The Morgan fingerprint density at radius 1 is 0.467 bits per heavy atom. The molecular formula is C26H22O4. The van der Waals surface area contributed by atoms with Gasteiger partial charge in [0, 0.05) is 11.1 Å². The average molecular weight is 398 g/mol. The van der Waals surface area contributed by atoms with Gasteiger partial charge < -0.3 is 19.3 Å². The van der Waals surface area contributed by atoms with Crippen molar-refractivity contribution in [3.63, 3.8) is 0 Å². The number of aromatic hydroxyl groups is 1. The molecule has 150 valence electrons. The molecule has 0 aliphatic heterocycles. The molecule has 0 aliphatic rings. The number of hydrogen-bond donors (Lipinski definition) is 1. The van der Waals surface area contributed by atoms with E-state index in [2.05, 4.69) is 0 Å². The third-order valence-electron chi connectivity index (χ3n) is 4.69. The van der Waals surface area contributed by atoms with Crippen LogP contribution in [0, 0.1) is 13.8 Å². The minimum absolute atomic E-state index is 0.0164. The molecule has 0 atom stereocenters. The van der Waals surface area contributed by atoms with E-state index in [-0.39, 0.29) is 5.75 Å². The summed E-state index contributed by atoms with van der Waals surface area (Å²) in [5, 5.41) is 10.9. The first-order valence-corrected chi connectivity index (χ1v) is 9.68. The van der Waals surface area contributed by atoms with Gasteiger partial charge >= 0.3 is 0 Å². The van der Waals surface area contributed by atoms with Gasteiger partial charge in [-0.1, -0.05) is 54.6 Å². The molecule has 4 aromatic rings. The molecule has 1 N–H and O–H groups in total. The van der Waals surface area contributed by atoms with Crippen molar-refractivity contribution in [3.05, 3.63) is 102 Å². The molecule has 0 fully saturated rings. The molecule has 0 aliphatic carbocycles. The summed E-state index contributed by atoms with van der Waals surface area (Å²) in [5.74, 6) is 3.22. The first-order valence-electron chi connectivity index (χ1n) is 9.68.